The number of hydrogen-bond donors (Lipinski definition) is 1. The van der Waals surface area contributed by atoms with Crippen molar-refractivity contribution in [1.82, 2.24) is 4.98 Å². The molecule has 0 spiro atoms. The topological polar surface area (TPSA) is 89.9 Å². The molecule has 1 aliphatic rings. The van der Waals surface area contributed by atoms with Crippen LogP contribution < -0.4 is 14.2 Å². The minimum atomic E-state index is -3.82. The maximum atomic E-state index is 12.8. The van der Waals surface area contributed by atoms with Crippen molar-refractivity contribution in [3.63, 3.8) is 0 Å². The summed E-state index contributed by atoms with van der Waals surface area (Å²) in [6.07, 6.45) is 1.63. The molecule has 31 heavy (non-hydrogen) atoms. The minimum absolute atomic E-state index is 0.0680. The van der Waals surface area contributed by atoms with Crippen LogP contribution in [0.15, 0.2) is 70.7 Å². The summed E-state index contributed by atoms with van der Waals surface area (Å²) in [6.45, 7) is 4.53. The van der Waals surface area contributed by atoms with Gasteiger partial charge in [-0.3, -0.25) is 9.71 Å². The maximum absolute atomic E-state index is 12.8. The van der Waals surface area contributed by atoms with Crippen LogP contribution in [0.2, 0.25) is 0 Å². The van der Waals surface area contributed by atoms with Crippen molar-refractivity contribution < 1.29 is 17.9 Å². The second-order valence-electron chi connectivity index (χ2n) is 7.36. The van der Waals surface area contributed by atoms with E-state index < -0.39 is 10.0 Å². The maximum Gasteiger partial charge on any atom is 0.263 e. The minimum Gasteiger partial charge on any atom is -0.497 e. The molecule has 3 aromatic rings. The molecule has 4 rings (SSSR count). The summed E-state index contributed by atoms with van der Waals surface area (Å²) >= 11 is 0. The zero-order valence-corrected chi connectivity index (χ0v) is 18.3. The molecular weight excluding hydrogens is 414 g/mol. The van der Waals surface area contributed by atoms with Crippen molar-refractivity contribution in [1.29, 1.82) is 0 Å². The molecule has 2 heterocycles. The second kappa shape index (κ2) is 8.39. The van der Waals surface area contributed by atoms with Gasteiger partial charge in [0, 0.05) is 23.4 Å². The molecule has 0 atom stereocenters. The lowest BCUT2D eigenvalue weighted by Crippen LogP contribution is -2.14. The summed E-state index contributed by atoms with van der Waals surface area (Å²) in [5.41, 5.74) is 3.64. The standard InChI is InChI=1S/C23H23N3O4S/c1-15(2)30-19-8-7-17-14-25-23(21(17)13-19)16-9-10-24-22(11-16)26-31(27,28)20-6-4-5-18(12-20)29-3/h4-13,15H,14H2,1-3H3,(H,24,26). The molecule has 0 amide bonds. The van der Waals surface area contributed by atoms with Gasteiger partial charge in [-0.1, -0.05) is 12.1 Å². The molecule has 0 bridgehead atoms. The highest BCUT2D eigenvalue weighted by Crippen LogP contribution is 2.28. The average molecular weight is 438 g/mol. The van der Waals surface area contributed by atoms with Gasteiger partial charge in [-0.2, -0.15) is 0 Å². The molecule has 0 unspecified atom stereocenters. The highest BCUT2D eigenvalue weighted by atomic mass is 32.2. The van der Waals surface area contributed by atoms with Crippen molar-refractivity contribution in [2.24, 2.45) is 4.99 Å². The number of nitrogens with one attached hydrogen (secondary N) is 1. The van der Waals surface area contributed by atoms with Gasteiger partial charge in [-0.05, 0) is 55.8 Å². The fraction of sp³-hybridized carbons (Fsp3) is 0.217. The zero-order chi connectivity index (χ0) is 22.0. The highest BCUT2D eigenvalue weighted by molar-refractivity contribution is 7.92. The van der Waals surface area contributed by atoms with E-state index in [-0.39, 0.29) is 16.8 Å². The second-order valence-corrected chi connectivity index (χ2v) is 9.05. The first-order valence-corrected chi connectivity index (χ1v) is 11.3. The first-order valence-electron chi connectivity index (χ1n) is 9.83. The number of hydrogen-bond acceptors (Lipinski definition) is 6. The molecule has 0 saturated carbocycles. The third kappa shape index (κ3) is 4.54. The zero-order valence-electron chi connectivity index (χ0n) is 17.5. The van der Waals surface area contributed by atoms with Crippen LogP contribution in [-0.2, 0) is 16.6 Å². The summed E-state index contributed by atoms with van der Waals surface area (Å²) in [5, 5.41) is 0. The number of aliphatic imine (C=N–C) groups is 1. The normalized spacial score (nSPS) is 13.0. The number of pyridine rings is 1. The number of ether oxygens (including phenoxy) is 2. The van der Waals surface area contributed by atoms with Crippen molar-refractivity contribution in [3.8, 4) is 11.5 Å². The van der Waals surface area contributed by atoms with Crippen LogP contribution in [0, 0.1) is 0 Å². The van der Waals surface area contributed by atoms with Gasteiger partial charge in [0.2, 0.25) is 0 Å². The molecule has 0 fully saturated rings. The van der Waals surface area contributed by atoms with Crippen LogP contribution in [0.5, 0.6) is 11.5 Å². The third-order valence-corrected chi connectivity index (χ3v) is 6.09. The van der Waals surface area contributed by atoms with E-state index in [1.807, 2.05) is 38.1 Å². The molecule has 8 heteroatoms. The fourth-order valence-corrected chi connectivity index (χ4v) is 4.39. The first kappa shape index (κ1) is 20.9. The smallest absolute Gasteiger partial charge is 0.263 e. The number of sulfonamides is 1. The number of methoxy groups -OCH3 is 1. The molecule has 1 aromatic heterocycles. The van der Waals surface area contributed by atoms with E-state index in [1.54, 1.807) is 24.4 Å². The molecule has 0 saturated heterocycles. The van der Waals surface area contributed by atoms with Gasteiger partial charge in [0.15, 0.2) is 0 Å². The summed E-state index contributed by atoms with van der Waals surface area (Å²) in [7, 11) is -2.33. The largest absolute Gasteiger partial charge is 0.497 e. The lowest BCUT2D eigenvalue weighted by atomic mass is 10.0. The average Bonchev–Trinajstić information content (AvgIpc) is 3.16. The van der Waals surface area contributed by atoms with Crippen LogP contribution in [0.25, 0.3) is 0 Å². The van der Waals surface area contributed by atoms with Crippen molar-refractivity contribution in [2.45, 2.75) is 31.4 Å². The lowest BCUT2D eigenvalue weighted by molar-refractivity contribution is 0.242. The quantitative estimate of drug-likeness (QED) is 0.603. The summed E-state index contributed by atoms with van der Waals surface area (Å²) < 4.78 is 39.1. The van der Waals surface area contributed by atoms with E-state index >= 15 is 0 Å². The Morgan fingerprint density at radius 3 is 2.65 bits per heavy atom. The molecule has 1 aliphatic heterocycles. The Balaban J connectivity index is 1.62. The summed E-state index contributed by atoms with van der Waals surface area (Å²) in [4.78, 5) is 8.92. The van der Waals surface area contributed by atoms with Crippen molar-refractivity contribution in [3.05, 3.63) is 77.5 Å². The predicted molar refractivity (Wildman–Crippen MR) is 120 cm³/mol. The number of benzene rings is 2. The monoisotopic (exact) mass is 437 g/mol. The number of anilines is 1. The molecule has 0 aliphatic carbocycles. The molecule has 160 valence electrons. The number of rotatable bonds is 7. The van der Waals surface area contributed by atoms with Gasteiger partial charge in [-0.25, -0.2) is 13.4 Å². The van der Waals surface area contributed by atoms with E-state index in [0.29, 0.717) is 12.3 Å². The SMILES string of the molecule is COc1cccc(S(=O)(=O)Nc2cc(C3=NCc4ccc(OC(C)C)cc43)ccn2)c1. The number of aromatic nitrogens is 1. The lowest BCUT2D eigenvalue weighted by Gasteiger charge is -2.12. The Kier molecular flexibility index (Phi) is 5.65. The van der Waals surface area contributed by atoms with E-state index in [9.17, 15) is 8.42 Å². The van der Waals surface area contributed by atoms with Crippen LogP contribution >= 0.6 is 0 Å². The van der Waals surface area contributed by atoms with Crippen LogP contribution in [0.4, 0.5) is 5.82 Å². The van der Waals surface area contributed by atoms with Gasteiger partial charge in [0.05, 0.1) is 30.4 Å². The number of fused-ring (bicyclic) bond motifs is 1. The Hall–Kier alpha value is -3.39. The summed E-state index contributed by atoms with van der Waals surface area (Å²) in [6, 6.07) is 15.7. The van der Waals surface area contributed by atoms with E-state index in [1.165, 1.54) is 19.2 Å². The predicted octanol–water partition coefficient (Wildman–Crippen LogP) is 4.03. The van der Waals surface area contributed by atoms with E-state index in [2.05, 4.69) is 14.7 Å². The molecule has 1 N–H and O–H groups in total. The van der Waals surface area contributed by atoms with Crippen LogP contribution in [0.1, 0.15) is 30.5 Å². The van der Waals surface area contributed by atoms with Gasteiger partial charge < -0.3 is 9.47 Å². The first-order chi connectivity index (χ1) is 14.9. The third-order valence-electron chi connectivity index (χ3n) is 4.74. The fourth-order valence-electron chi connectivity index (χ4n) is 3.35. The van der Waals surface area contributed by atoms with Crippen LogP contribution in [-0.4, -0.2) is 32.3 Å². The van der Waals surface area contributed by atoms with Gasteiger partial charge >= 0.3 is 0 Å². The Morgan fingerprint density at radius 1 is 1.03 bits per heavy atom. The van der Waals surface area contributed by atoms with Gasteiger partial charge in [0.25, 0.3) is 10.0 Å². The molecular formula is C23H23N3O4S. The van der Waals surface area contributed by atoms with Crippen molar-refractivity contribution >= 4 is 21.6 Å². The number of nitrogens with zero attached hydrogens (tertiary/aromatic N) is 2. The molecule has 2 aromatic carbocycles. The molecule has 7 nitrogen and oxygen atoms in total. The molecule has 0 radical (unpaired) electrons. The van der Waals surface area contributed by atoms with Gasteiger partial charge in [0.1, 0.15) is 17.3 Å². The van der Waals surface area contributed by atoms with E-state index in [0.717, 1.165) is 28.2 Å². The van der Waals surface area contributed by atoms with Crippen molar-refractivity contribution in [2.75, 3.05) is 11.8 Å². The van der Waals surface area contributed by atoms with E-state index in [4.69, 9.17) is 9.47 Å². The highest BCUT2D eigenvalue weighted by Gasteiger charge is 2.21. The Morgan fingerprint density at radius 2 is 1.87 bits per heavy atom. The Labute approximate surface area is 181 Å². The van der Waals surface area contributed by atoms with Gasteiger partial charge in [-0.15, -0.1) is 0 Å². The summed E-state index contributed by atoms with van der Waals surface area (Å²) in [5.74, 6) is 1.45. The van der Waals surface area contributed by atoms with Crippen LogP contribution in [0.3, 0.4) is 0 Å². The Bertz CT molecular complexity index is 1250.